The maximum Gasteiger partial charge on any atom is 0.123 e. The molecule has 47 heavy (non-hydrogen) atoms. The lowest BCUT2D eigenvalue weighted by Crippen LogP contribution is -2.09. The Kier molecular flexibility index (Phi) is 5.66. The molecule has 2 aromatic heterocycles. The molecule has 0 atom stereocenters. The summed E-state index contributed by atoms with van der Waals surface area (Å²) >= 11 is 1.80. The monoisotopic (exact) mass is 620 g/mol. The highest BCUT2D eigenvalue weighted by Crippen LogP contribution is 2.43. The summed E-state index contributed by atoms with van der Waals surface area (Å²) in [4.78, 5) is 6.95. The van der Waals surface area contributed by atoms with E-state index in [0.717, 1.165) is 33.5 Å². The maximum absolute atomic E-state index is 14.1. The van der Waals surface area contributed by atoms with Crippen molar-refractivity contribution in [3.05, 3.63) is 158 Å². The van der Waals surface area contributed by atoms with Gasteiger partial charge >= 0.3 is 0 Å². The lowest BCUT2D eigenvalue weighted by atomic mass is 9.89. The van der Waals surface area contributed by atoms with E-state index in [1.165, 1.54) is 70.2 Å². The molecule has 0 N–H and O–H groups in total. The van der Waals surface area contributed by atoms with Crippen LogP contribution in [0, 0.1) is 5.82 Å². The van der Waals surface area contributed by atoms with Crippen LogP contribution in [0.25, 0.3) is 74.5 Å². The topological polar surface area (TPSA) is 16.1 Å². The standard InChI is InChI=1S/C43H25FN2S/c44-30-12-16-32(17-13-30)46(33-18-20-36-35-5-1-2-6-39(35)47-40(36)25-33)31-14-9-26(10-15-31)34-19-11-27-7-8-28-24-29-4-3-23-45-43(29)38-22-21-37(34)41(27)42(28)38/h1-25H. The summed E-state index contributed by atoms with van der Waals surface area (Å²) in [6.07, 6.45) is 1.88. The molecule has 0 aliphatic heterocycles. The molecule has 0 radical (unpaired) electrons. The molecule has 2 heterocycles. The highest BCUT2D eigenvalue weighted by atomic mass is 32.1. The van der Waals surface area contributed by atoms with Crippen LogP contribution in [-0.4, -0.2) is 4.98 Å². The smallest absolute Gasteiger partial charge is 0.123 e. The molecule has 0 saturated carbocycles. The Hall–Kier alpha value is -5.84. The first kappa shape index (κ1) is 26.4. The summed E-state index contributed by atoms with van der Waals surface area (Å²) < 4.78 is 16.6. The minimum Gasteiger partial charge on any atom is -0.310 e. The van der Waals surface area contributed by atoms with Gasteiger partial charge in [0.15, 0.2) is 0 Å². The van der Waals surface area contributed by atoms with Crippen LogP contribution >= 0.6 is 11.3 Å². The number of anilines is 3. The average molecular weight is 621 g/mol. The van der Waals surface area contributed by atoms with E-state index in [0.29, 0.717) is 0 Å². The van der Waals surface area contributed by atoms with Crippen molar-refractivity contribution >= 4 is 91.8 Å². The molecule has 0 aliphatic rings. The van der Waals surface area contributed by atoms with Crippen LogP contribution in [-0.2, 0) is 0 Å². The maximum atomic E-state index is 14.1. The van der Waals surface area contributed by atoms with E-state index in [4.69, 9.17) is 4.98 Å². The number of halogens is 1. The van der Waals surface area contributed by atoms with Crippen LogP contribution in [0.3, 0.4) is 0 Å². The molecule has 4 heteroatoms. The van der Waals surface area contributed by atoms with Gasteiger partial charge in [0.05, 0.1) is 5.52 Å². The van der Waals surface area contributed by atoms with Crippen LogP contribution in [0.1, 0.15) is 0 Å². The van der Waals surface area contributed by atoms with Crippen molar-refractivity contribution in [2.75, 3.05) is 4.90 Å². The number of nitrogens with zero attached hydrogens (tertiary/aromatic N) is 2. The largest absolute Gasteiger partial charge is 0.310 e. The fraction of sp³-hybridized carbons (Fsp3) is 0. The molecular weight excluding hydrogens is 596 g/mol. The fourth-order valence-corrected chi connectivity index (χ4v) is 8.49. The second-order valence-corrected chi connectivity index (χ2v) is 13.2. The number of hydrogen-bond acceptors (Lipinski definition) is 3. The number of thiophene rings is 1. The Morgan fingerprint density at radius 1 is 0.489 bits per heavy atom. The first-order valence-corrected chi connectivity index (χ1v) is 16.5. The third-order valence-corrected chi connectivity index (χ3v) is 10.6. The summed E-state index contributed by atoms with van der Waals surface area (Å²) in [5, 5.41) is 11.1. The normalized spacial score (nSPS) is 11.9. The van der Waals surface area contributed by atoms with Crippen molar-refractivity contribution in [2.24, 2.45) is 0 Å². The summed E-state index contributed by atoms with van der Waals surface area (Å²) in [6.45, 7) is 0. The van der Waals surface area contributed by atoms with Gasteiger partial charge in [-0.15, -0.1) is 11.3 Å². The predicted octanol–water partition coefficient (Wildman–Crippen LogP) is 12.8. The van der Waals surface area contributed by atoms with E-state index in [2.05, 4.69) is 120 Å². The van der Waals surface area contributed by atoms with Gasteiger partial charge in [0.2, 0.25) is 0 Å². The zero-order valence-electron chi connectivity index (χ0n) is 25.1. The van der Waals surface area contributed by atoms with Gasteiger partial charge in [0.1, 0.15) is 5.82 Å². The van der Waals surface area contributed by atoms with Gasteiger partial charge < -0.3 is 4.90 Å². The lowest BCUT2D eigenvalue weighted by molar-refractivity contribution is 0.628. The average Bonchev–Trinajstić information content (AvgIpc) is 3.49. The molecule has 10 aromatic rings. The van der Waals surface area contributed by atoms with Crippen molar-refractivity contribution < 1.29 is 4.39 Å². The number of pyridine rings is 1. The van der Waals surface area contributed by atoms with Gasteiger partial charge in [-0.05, 0) is 105 Å². The van der Waals surface area contributed by atoms with Crippen molar-refractivity contribution in [1.82, 2.24) is 4.98 Å². The Morgan fingerprint density at radius 2 is 1.17 bits per heavy atom. The quantitative estimate of drug-likeness (QED) is 0.144. The zero-order chi connectivity index (χ0) is 31.1. The minimum absolute atomic E-state index is 0.248. The fourth-order valence-electron chi connectivity index (χ4n) is 7.35. The molecule has 0 bridgehead atoms. The van der Waals surface area contributed by atoms with Crippen LogP contribution in [0.4, 0.5) is 21.5 Å². The molecule has 2 nitrogen and oxygen atoms in total. The Labute approximate surface area is 273 Å². The van der Waals surface area contributed by atoms with Crippen LogP contribution < -0.4 is 4.90 Å². The molecule has 0 amide bonds. The third-order valence-electron chi connectivity index (χ3n) is 9.49. The Bertz CT molecular complexity index is 2800. The van der Waals surface area contributed by atoms with Gasteiger partial charge in [0.25, 0.3) is 0 Å². The minimum atomic E-state index is -0.248. The Morgan fingerprint density at radius 3 is 2.04 bits per heavy atom. The molecular formula is C43H25FN2S. The van der Waals surface area contributed by atoms with E-state index in [9.17, 15) is 4.39 Å². The molecule has 0 saturated heterocycles. The van der Waals surface area contributed by atoms with E-state index < -0.39 is 0 Å². The third kappa shape index (κ3) is 4.05. The van der Waals surface area contributed by atoms with Crippen LogP contribution in [0.5, 0.6) is 0 Å². The molecule has 220 valence electrons. The first-order chi connectivity index (χ1) is 23.2. The number of hydrogen-bond donors (Lipinski definition) is 0. The van der Waals surface area contributed by atoms with Gasteiger partial charge in [-0.3, -0.25) is 4.98 Å². The number of rotatable bonds is 4. The van der Waals surface area contributed by atoms with Crippen molar-refractivity contribution in [3.8, 4) is 11.1 Å². The summed E-state index contributed by atoms with van der Waals surface area (Å²) in [6, 6.07) is 50.5. The molecule has 0 spiro atoms. The van der Waals surface area contributed by atoms with E-state index in [1.54, 1.807) is 11.3 Å². The number of benzene rings is 8. The highest BCUT2D eigenvalue weighted by Gasteiger charge is 2.17. The summed E-state index contributed by atoms with van der Waals surface area (Å²) in [5.74, 6) is -0.248. The molecule has 0 unspecified atom stereocenters. The molecule has 8 aromatic carbocycles. The molecule has 0 aliphatic carbocycles. The van der Waals surface area contributed by atoms with E-state index in [-0.39, 0.29) is 5.82 Å². The first-order valence-electron chi connectivity index (χ1n) is 15.7. The van der Waals surface area contributed by atoms with Crippen molar-refractivity contribution in [2.45, 2.75) is 0 Å². The van der Waals surface area contributed by atoms with Gasteiger partial charge in [-0.2, -0.15) is 0 Å². The highest BCUT2D eigenvalue weighted by molar-refractivity contribution is 7.25. The molecule has 0 fully saturated rings. The zero-order valence-corrected chi connectivity index (χ0v) is 25.9. The van der Waals surface area contributed by atoms with E-state index >= 15 is 0 Å². The van der Waals surface area contributed by atoms with Crippen molar-refractivity contribution in [3.63, 3.8) is 0 Å². The van der Waals surface area contributed by atoms with E-state index in [1.807, 2.05) is 24.4 Å². The number of aromatic nitrogens is 1. The molecule has 10 rings (SSSR count). The predicted molar refractivity (Wildman–Crippen MR) is 198 cm³/mol. The second kappa shape index (κ2) is 10.1. The van der Waals surface area contributed by atoms with Crippen LogP contribution in [0.15, 0.2) is 152 Å². The van der Waals surface area contributed by atoms with Gasteiger partial charge in [-0.1, -0.05) is 78.9 Å². The van der Waals surface area contributed by atoms with Crippen LogP contribution in [0.2, 0.25) is 0 Å². The van der Waals surface area contributed by atoms with Gasteiger partial charge in [-0.25, -0.2) is 4.39 Å². The lowest BCUT2D eigenvalue weighted by Gasteiger charge is -2.26. The van der Waals surface area contributed by atoms with Gasteiger partial charge in [0, 0.05) is 54.2 Å². The summed E-state index contributed by atoms with van der Waals surface area (Å²) in [5.41, 5.74) is 6.33. The SMILES string of the molecule is Fc1ccc(N(c2ccc(-c3ccc4ccc5cc6cccnc6c6ccc3c4c56)cc2)c2ccc3c(c2)sc2ccccc23)cc1. The van der Waals surface area contributed by atoms with Crippen molar-refractivity contribution in [1.29, 1.82) is 0 Å². The summed E-state index contributed by atoms with van der Waals surface area (Å²) in [7, 11) is 0. The second-order valence-electron chi connectivity index (χ2n) is 12.1. The Balaban J connectivity index is 1.12. The number of fused-ring (bicyclic) bond motifs is 5.